The molecule has 0 saturated carbocycles. The van der Waals surface area contributed by atoms with Crippen molar-refractivity contribution < 1.29 is 4.74 Å². The van der Waals surface area contributed by atoms with Crippen LogP contribution in [0.3, 0.4) is 0 Å². The summed E-state index contributed by atoms with van der Waals surface area (Å²) in [7, 11) is 0. The molecule has 5 heteroatoms. The van der Waals surface area contributed by atoms with E-state index in [9.17, 15) is 0 Å². The van der Waals surface area contributed by atoms with Crippen molar-refractivity contribution in [2.45, 2.75) is 38.9 Å². The molecular weight excluding hydrogens is 240 g/mol. The van der Waals surface area contributed by atoms with E-state index in [0.717, 1.165) is 18.9 Å². The van der Waals surface area contributed by atoms with Gasteiger partial charge in [-0.3, -0.25) is 0 Å². The number of nitriles is 1. The Bertz CT molecular complexity index is 515. The minimum atomic E-state index is -0.260. The number of nitrogen functional groups attached to an aromatic ring is 1. The molecule has 0 amide bonds. The predicted molar refractivity (Wildman–Crippen MR) is 74.8 cm³/mol. The van der Waals surface area contributed by atoms with Gasteiger partial charge in [0.05, 0.1) is 22.5 Å². The van der Waals surface area contributed by atoms with Gasteiger partial charge in [0.1, 0.15) is 6.07 Å². The first-order chi connectivity index (χ1) is 8.72. The topological polar surface area (TPSA) is 75.2 Å². The van der Waals surface area contributed by atoms with Crippen molar-refractivity contribution in [3.63, 3.8) is 0 Å². The number of rotatable bonds is 1. The van der Waals surface area contributed by atoms with Crippen LogP contribution in [-0.4, -0.2) is 29.3 Å². The Morgan fingerprint density at radius 2 is 1.89 bits per heavy atom. The fourth-order valence-corrected chi connectivity index (χ4v) is 2.74. The summed E-state index contributed by atoms with van der Waals surface area (Å²) in [6.45, 7) is 9.67. The molecule has 0 aromatic carbocycles. The Labute approximate surface area is 114 Å². The molecular formula is C14H20N4O. The Morgan fingerprint density at radius 3 is 2.37 bits per heavy atom. The van der Waals surface area contributed by atoms with Crippen molar-refractivity contribution in [1.29, 1.82) is 5.26 Å². The van der Waals surface area contributed by atoms with Crippen molar-refractivity contribution in [2.24, 2.45) is 0 Å². The van der Waals surface area contributed by atoms with Crippen LogP contribution in [0, 0.1) is 11.3 Å². The second-order valence-corrected chi connectivity index (χ2v) is 6.23. The van der Waals surface area contributed by atoms with Crippen LogP contribution >= 0.6 is 0 Å². The predicted octanol–water partition coefficient (Wildman–Crippen LogP) is 1.93. The van der Waals surface area contributed by atoms with E-state index >= 15 is 0 Å². The van der Waals surface area contributed by atoms with Gasteiger partial charge < -0.3 is 15.4 Å². The molecule has 1 fully saturated rings. The largest absolute Gasteiger partial charge is 0.396 e. The highest BCUT2D eigenvalue weighted by Crippen LogP contribution is 2.32. The fraction of sp³-hybridized carbons (Fsp3) is 0.571. The summed E-state index contributed by atoms with van der Waals surface area (Å²) < 4.78 is 6.04. The summed E-state index contributed by atoms with van der Waals surface area (Å²) in [6.07, 6.45) is 1.56. The van der Waals surface area contributed by atoms with E-state index in [0.29, 0.717) is 11.3 Å². The first-order valence-electron chi connectivity index (χ1n) is 6.33. The summed E-state index contributed by atoms with van der Waals surface area (Å²) >= 11 is 0. The van der Waals surface area contributed by atoms with Gasteiger partial charge >= 0.3 is 0 Å². The maximum Gasteiger partial charge on any atom is 0.152 e. The third-order valence-electron chi connectivity index (χ3n) is 3.02. The number of anilines is 2. The molecule has 1 aliphatic heterocycles. The summed E-state index contributed by atoms with van der Waals surface area (Å²) in [5, 5.41) is 8.85. The van der Waals surface area contributed by atoms with Crippen LogP contribution in [0.15, 0.2) is 12.3 Å². The van der Waals surface area contributed by atoms with Gasteiger partial charge in [0, 0.05) is 19.3 Å². The lowest BCUT2D eigenvalue weighted by molar-refractivity contribution is -0.133. The molecule has 0 aliphatic carbocycles. The number of pyridine rings is 1. The Kier molecular flexibility index (Phi) is 3.15. The normalized spacial score (nSPS) is 20.9. The average molecular weight is 260 g/mol. The smallest absolute Gasteiger partial charge is 0.152 e. The zero-order valence-corrected chi connectivity index (χ0v) is 11.9. The summed E-state index contributed by atoms with van der Waals surface area (Å²) in [4.78, 5) is 6.45. The van der Waals surface area contributed by atoms with E-state index in [4.69, 9.17) is 15.7 Å². The molecule has 2 heterocycles. The molecule has 1 aromatic rings. The highest BCUT2D eigenvalue weighted by molar-refractivity contribution is 5.65. The lowest BCUT2D eigenvalue weighted by atomic mass is 9.99. The molecule has 2 rings (SSSR count). The second-order valence-electron chi connectivity index (χ2n) is 6.23. The molecule has 102 valence electrons. The van der Waals surface area contributed by atoms with E-state index in [1.165, 1.54) is 0 Å². The Balaban J connectivity index is 2.34. The molecule has 5 nitrogen and oxygen atoms in total. The highest BCUT2D eigenvalue weighted by Gasteiger charge is 2.39. The summed E-state index contributed by atoms with van der Waals surface area (Å²) in [6, 6.07) is 3.71. The van der Waals surface area contributed by atoms with Crippen LogP contribution in [0.2, 0.25) is 0 Å². The molecule has 2 N–H and O–H groups in total. The maximum atomic E-state index is 8.85. The van der Waals surface area contributed by atoms with Crippen molar-refractivity contribution in [2.75, 3.05) is 23.7 Å². The number of nitrogens with two attached hydrogens (primary N) is 1. The number of nitrogens with zero attached hydrogens (tertiary/aromatic N) is 3. The van der Waals surface area contributed by atoms with Crippen LogP contribution in [0.25, 0.3) is 0 Å². The van der Waals surface area contributed by atoms with E-state index < -0.39 is 0 Å². The maximum absolute atomic E-state index is 8.85. The van der Waals surface area contributed by atoms with Gasteiger partial charge in [0.2, 0.25) is 0 Å². The third-order valence-corrected chi connectivity index (χ3v) is 3.02. The standard InChI is InChI=1S/C14H20N4O/c1-13(2)8-18(9-14(3,4)19-13)12-11(16)5-10(6-15)7-17-12/h5,7H,8-9,16H2,1-4H3. The molecule has 0 unspecified atom stereocenters. The quantitative estimate of drug-likeness (QED) is 0.835. The Morgan fingerprint density at radius 1 is 1.32 bits per heavy atom. The number of hydrogen-bond donors (Lipinski definition) is 1. The number of morpholine rings is 1. The molecule has 1 aromatic heterocycles. The van der Waals surface area contributed by atoms with E-state index in [2.05, 4.69) is 37.6 Å². The van der Waals surface area contributed by atoms with Gasteiger partial charge in [-0.05, 0) is 33.8 Å². The van der Waals surface area contributed by atoms with Gasteiger partial charge in [-0.1, -0.05) is 0 Å². The molecule has 19 heavy (non-hydrogen) atoms. The van der Waals surface area contributed by atoms with Crippen molar-refractivity contribution in [3.05, 3.63) is 17.8 Å². The second kappa shape index (κ2) is 4.39. The number of hydrogen-bond acceptors (Lipinski definition) is 5. The van der Waals surface area contributed by atoms with Crippen LogP contribution in [0.1, 0.15) is 33.3 Å². The lowest BCUT2D eigenvalue weighted by Gasteiger charge is -2.47. The minimum absolute atomic E-state index is 0.260. The number of aromatic nitrogens is 1. The minimum Gasteiger partial charge on any atom is -0.396 e. The van der Waals surface area contributed by atoms with Crippen LogP contribution in [0.4, 0.5) is 11.5 Å². The molecule has 0 radical (unpaired) electrons. The Hall–Kier alpha value is -1.80. The van der Waals surface area contributed by atoms with Gasteiger partial charge in [0.25, 0.3) is 0 Å². The van der Waals surface area contributed by atoms with E-state index in [1.807, 2.05) is 6.07 Å². The molecule has 1 aliphatic rings. The van der Waals surface area contributed by atoms with Gasteiger partial charge in [-0.15, -0.1) is 0 Å². The van der Waals surface area contributed by atoms with E-state index in [1.54, 1.807) is 12.3 Å². The zero-order valence-electron chi connectivity index (χ0n) is 11.9. The summed E-state index contributed by atoms with van der Waals surface area (Å²) in [5.41, 5.74) is 6.50. The average Bonchev–Trinajstić information content (AvgIpc) is 2.24. The molecule has 0 bridgehead atoms. The number of ether oxygens (including phenoxy) is 1. The third kappa shape index (κ3) is 2.96. The van der Waals surface area contributed by atoms with Crippen LogP contribution in [0.5, 0.6) is 0 Å². The lowest BCUT2D eigenvalue weighted by Crippen LogP contribution is -2.57. The van der Waals surface area contributed by atoms with Crippen LogP contribution in [-0.2, 0) is 4.74 Å². The van der Waals surface area contributed by atoms with Gasteiger partial charge in [0.15, 0.2) is 5.82 Å². The monoisotopic (exact) mass is 260 g/mol. The molecule has 0 atom stereocenters. The first-order valence-corrected chi connectivity index (χ1v) is 6.33. The molecule has 0 spiro atoms. The SMILES string of the molecule is CC1(C)CN(c2ncc(C#N)cc2N)CC(C)(C)O1. The highest BCUT2D eigenvalue weighted by atomic mass is 16.5. The first kappa shape index (κ1) is 13.6. The van der Waals surface area contributed by atoms with Crippen molar-refractivity contribution >= 4 is 11.5 Å². The summed E-state index contributed by atoms with van der Waals surface area (Å²) in [5.74, 6) is 0.725. The van der Waals surface area contributed by atoms with Crippen LogP contribution < -0.4 is 10.6 Å². The van der Waals surface area contributed by atoms with Crippen molar-refractivity contribution in [1.82, 2.24) is 4.98 Å². The van der Waals surface area contributed by atoms with Gasteiger partial charge in [-0.25, -0.2) is 4.98 Å². The van der Waals surface area contributed by atoms with E-state index in [-0.39, 0.29) is 11.2 Å². The van der Waals surface area contributed by atoms with Crippen molar-refractivity contribution in [3.8, 4) is 6.07 Å². The zero-order chi connectivity index (χ0) is 14.3. The fourth-order valence-electron chi connectivity index (χ4n) is 2.74. The van der Waals surface area contributed by atoms with Gasteiger partial charge in [-0.2, -0.15) is 5.26 Å². The molecule has 1 saturated heterocycles.